The van der Waals surface area contributed by atoms with Crippen molar-refractivity contribution >= 4 is 11.8 Å². The smallest absolute Gasteiger partial charge is 0.181 e. The van der Waals surface area contributed by atoms with Gasteiger partial charge in [-0.15, -0.1) is 0 Å². The first-order valence-corrected chi connectivity index (χ1v) is 4.51. The van der Waals surface area contributed by atoms with Crippen LogP contribution in [0.15, 0.2) is 41.0 Å². The summed E-state index contributed by atoms with van der Waals surface area (Å²) in [6, 6.07) is 7.90. The van der Waals surface area contributed by atoms with E-state index in [1.54, 1.807) is 6.08 Å². The van der Waals surface area contributed by atoms with Crippen LogP contribution in [0.2, 0.25) is 0 Å². The summed E-state index contributed by atoms with van der Waals surface area (Å²) in [5, 5.41) is 13.2. The van der Waals surface area contributed by atoms with Crippen LogP contribution in [-0.2, 0) is 0 Å². The van der Waals surface area contributed by atoms with Gasteiger partial charge in [0.25, 0.3) is 0 Å². The monoisotopic (exact) mass is 184 g/mol. The first-order chi connectivity index (χ1) is 6.84. The molecule has 14 heavy (non-hydrogen) atoms. The normalized spacial score (nSPS) is 17.9. The maximum atomic E-state index is 11.2. The molecule has 0 saturated carbocycles. The summed E-state index contributed by atoms with van der Waals surface area (Å²) >= 11 is 0. The van der Waals surface area contributed by atoms with E-state index in [9.17, 15) is 5.21 Å². The second-order valence-corrected chi connectivity index (χ2v) is 3.38. The number of benzene rings is 1. The molecule has 0 unspecified atom stereocenters. The fraction of sp³-hybridized carbons (Fsp3) is 0.0909. The highest BCUT2D eigenvalue weighted by atomic mass is 16.5. The van der Waals surface area contributed by atoms with Crippen LogP contribution in [0.1, 0.15) is 0 Å². The molecule has 0 N–H and O–H groups in total. The van der Waals surface area contributed by atoms with Crippen molar-refractivity contribution in [2.24, 2.45) is 4.99 Å². The minimum Gasteiger partial charge on any atom is -0.624 e. The van der Waals surface area contributed by atoms with E-state index in [1.165, 1.54) is 6.21 Å². The molecule has 3 rings (SSSR count). The number of hydrogen-bond acceptors (Lipinski definition) is 2. The zero-order valence-corrected chi connectivity index (χ0v) is 7.47. The lowest BCUT2D eigenvalue weighted by Gasteiger charge is -2.08. The van der Waals surface area contributed by atoms with Crippen molar-refractivity contribution in [1.29, 1.82) is 0 Å². The third-order valence-corrected chi connectivity index (χ3v) is 2.49. The van der Waals surface area contributed by atoms with Crippen molar-refractivity contribution in [1.82, 2.24) is 0 Å². The van der Waals surface area contributed by atoms with Gasteiger partial charge < -0.3 is 5.21 Å². The number of allylic oxidation sites excluding steroid dienone is 1. The lowest BCUT2D eigenvalue weighted by Crippen LogP contribution is -2.25. The van der Waals surface area contributed by atoms with Crippen LogP contribution in [0.5, 0.6) is 0 Å². The fourth-order valence-corrected chi connectivity index (χ4v) is 1.83. The van der Waals surface area contributed by atoms with Crippen LogP contribution in [-0.4, -0.2) is 17.5 Å². The highest BCUT2D eigenvalue weighted by Gasteiger charge is 2.18. The maximum absolute atomic E-state index is 11.2. The molecule has 0 aromatic heterocycles. The summed E-state index contributed by atoms with van der Waals surface area (Å²) in [6.45, 7) is 0.409. The largest absolute Gasteiger partial charge is 0.624 e. The Bertz CT molecular complexity index is 582. The molecule has 0 fully saturated rings. The summed E-state index contributed by atoms with van der Waals surface area (Å²) in [5.74, 6) is 0. The minimum atomic E-state index is 0.409. The van der Waals surface area contributed by atoms with Crippen LogP contribution in [0.25, 0.3) is 5.57 Å². The summed E-state index contributed by atoms with van der Waals surface area (Å²) in [7, 11) is 0. The number of nitrogens with zero attached hydrogens (tertiary/aromatic N) is 2. The van der Waals surface area contributed by atoms with Crippen LogP contribution in [0.3, 0.4) is 0 Å². The molecule has 2 heterocycles. The molecule has 0 saturated heterocycles. The molecule has 1 aromatic rings. The third kappa shape index (κ3) is 0.923. The lowest BCUT2D eigenvalue weighted by molar-refractivity contribution is -0.438. The summed E-state index contributed by atoms with van der Waals surface area (Å²) < 4.78 is 0.927. The van der Waals surface area contributed by atoms with Gasteiger partial charge in [-0.3, -0.25) is 0 Å². The van der Waals surface area contributed by atoms with Crippen molar-refractivity contribution in [3.8, 4) is 0 Å². The number of fused-ring (bicyclic) bond motifs is 2. The maximum Gasteiger partial charge on any atom is 0.181 e. The third-order valence-electron chi connectivity index (χ3n) is 2.49. The molecule has 0 bridgehead atoms. The average Bonchev–Trinajstić information content (AvgIpc) is 2.56. The van der Waals surface area contributed by atoms with Crippen molar-refractivity contribution in [3.05, 3.63) is 51.8 Å². The van der Waals surface area contributed by atoms with Gasteiger partial charge in [-0.05, 0) is 6.07 Å². The Morgan fingerprint density at radius 3 is 3.07 bits per heavy atom. The Kier molecular flexibility index (Phi) is 1.36. The van der Waals surface area contributed by atoms with E-state index in [2.05, 4.69) is 4.99 Å². The summed E-state index contributed by atoms with van der Waals surface area (Å²) in [4.78, 5) is 4.44. The van der Waals surface area contributed by atoms with Gasteiger partial charge in [0.05, 0.1) is 16.6 Å². The van der Waals surface area contributed by atoms with Crippen molar-refractivity contribution in [3.63, 3.8) is 0 Å². The van der Waals surface area contributed by atoms with Crippen LogP contribution >= 0.6 is 0 Å². The van der Waals surface area contributed by atoms with Crippen molar-refractivity contribution < 1.29 is 4.74 Å². The fourth-order valence-electron chi connectivity index (χ4n) is 1.83. The quantitative estimate of drug-likeness (QED) is 0.411. The molecule has 0 aliphatic carbocycles. The molecule has 3 nitrogen and oxygen atoms in total. The average molecular weight is 184 g/mol. The zero-order valence-electron chi connectivity index (χ0n) is 7.47. The predicted octanol–water partition coefficient (Wildman–Crippen LogP) is -0.0509. The van der Waals surface area contributed by atoms with E-state index in [0.29, 0.717) is 6.54 Å². The minimum absolute atomic E-state index is 0.409. The van der Waals surface area contributed by atoms with Gasteiger partial charge >= 0.3 is 0 Å². The topological polar surface area (TPSA) is 38.4 Å². The highest BCUT2D eigenvalue weighted by molar-refractivity contribution is 5.80. The van der Waals surface area contributed by atoms with E-state index in [4.69, 9.17) is 0 Å². The number of hydroxylamine groups is 1. The van der Waals surface area contributed by atoms with Crippen molar-refractivity contribution in [2.75, 3.05) is 6.54 Å². The van der Waals surface area contributed by atoms with Gasteiger partial charge in [-0.1, -0.05) is 18.2 Å². The number of rotatable bonds is 0. The first-order valence-electron chi connectivity index (χ1n) is 4.51. The molecule has 3 heteroatoms. The molecular weight excluding hydrogens is 176 g/mol. The highest BCUT2D eigenvalue weighted by Crippen LogP contribution is 2.15. The molecule has 2 aliphatic rings. The van der Waals surface area contributed by atoms with Gasteiger partial charge in [0.15, 0.2) is 12.8 Å². The second kappa shape index (κ2) is 2.54. The first kappa shape index (κ1) is 7.50. The number of para-hydroxylation sites is 1. The van der Waals surface area contributed by atoms with Gasteiger partial charge in [0.1, 0.15) is 0 Å². The Labute approximate surface area is 80.6 Å². The molecule has 68 valence electrons. The molecule has 0 spiro atoms. The van der Waals surface area contributed by atoms with Crippen molar-refractivity contribution in [2.45, 2.75) is 0 Å². The van der Waals surface area contributed by atoms with E-state index in [0.717, 1.165) is 26.6 Å². The van der Waals surface area contributed by atoms with Crippen LogP contribution in [0.4, 0.5) is 0 Å². The second-order valence-electron chi connectivity index (χ2n) is 3.38. The molecule has 1 aromatic carbocycles. The van der Waals surface area contributed by atoms with E-state index in [1.807, 2.05) is 24.3 Å². The Morgan fingerprint density at radius 1 is 1.29 bits per heavy atom. The Hall–Kier alpha value is -1.90. The molecular formula is C11H8N2O. The molecule has 0 radical (unpaired) electrons. The summed E-state index contributed by atoms with van der Waals surface area (Å²) in [6.07, 6.45) is 3.29. The van der Waals surface area contributed by atoms with Crippen LogP contribution in [0, 0.1) is 5.21 Å². The van der Waals surface area contributed by atoms with E-state index >= 15 is 0 Å². The van der Waals surface area contributed by atoms with E-state index in [-0.39, 0.29) is 0 Å². The lowest BCUT2D eigenvalue weighted by atomic mass is 10.1. The molecule has 0 atom stereocenters. The molecule has 0 amide bonds. The zero-order chi connectivity index (χ0) is 9.54. The van der Waals surface area contributed by atoms with Gasteiger partial charge in [0.2, 0.25) is 0 Å². The Balaban J connectivity index is 2.38. The summed E-state index contributed by atoms with van der Waals surface area (Å²) in [5.41, 5.74) is 1.97. The number of hydrogen-bond donors (Lipinski definition) is 0. The van der Waals surface area contributed by atoms with Gasteiger partial charge in [-0.2, -0.15) is 0 Å². The van der Waals surface area contributed by atoms with Gasteiger partial charge in [0, 0.05) is 11.3 Å². The standard InChI is InChI=1S/C11H8N2O/c14-13-6-5-11-9(7-13)8-3-1-2-4-10(8)12-11/h1-6H,7H2. The van der Waals surface area contributed by atoms with Gasteiger partial charge in [-0.25, -0.2) is 9.73 Å². The Morgan fingerprint density at radius 2 is 2.14 bits per heavy atom. The SMILES string of the molecule is [O-][N+]1=CC=C2N=c3ccccc3=C2C1. The van der Waals surface area contributed by atoms with E-state index < -0.39 is 0 Å². The van der Waals surface area contributed by atoms with Crippen LogP contribution < -0.4 is 10.6 Å². The molecule has 2 aliphatic heterocycles. The predicted molar refractivity (Wildman–Crippen MR) is 53.3 cm³/mol.